The van der Waals surface area contributed by atoms with E-state index >= 15 is 0 Å². The van der Waals surface area contributed by atoms with Crippen LogP contribution in [0.25, 0.3) is 22.3 Å². The molecule has 0 aliphatic heterocycles. The number of rotatable bonds is 7. The first-order valence-electron chi connectivity index (χ1n) is 8.74. The van der Waals surface area contributed by atoms with Gasteiger partial charge >= 0.3 is 6.18 Å². The lowest BCUT2D eigenvalue weighted by Gasteiger charge is -2.15. The Balaban J connectivity index is 1.94. The number of hydrogen-bond donors (Lipinski definition) is 0. The Kier molecular flexibility index (Phi) is 6.38. The molecule has 7 nitrogen and oxygen atoms in total. The van der Waals surface area contributed by atoms with Gasteiger partial charge in [-0.2, -0.15) is 18.4 Å². The average molecular weight is 438 g/mol. The summed E-state index contributed by atoms with van der Waals surface area (Å²) in [6, 6.07) is 7.13. The van der Waals surface area contributed by atoms with E-state index in [0.29, 0.717) is 11.0 Å². The van der Waals surface area contributed by atoms with Gasteiger partial charge in [0, 0.05) is 25.3 Å². The zero-order chi connectivity index (χ0) is 21.9. The van der Waals surface area contributed by atoms with E-state index in [2.05, 4.69) is 9.97 Å². The molecular formula is C19H17F3N4O3S. The molecule has 158 valence electrons. The molecule has 0 N–H and O–H groups in total. The van der Waals surface area contributed by atoms with E-state index < -0.39 is 22.8 Å². The number of pyridine rings is 1. The van der Waals surface area contributed by atoms with E-state index in [1.54, 1.807) is 17.7 Å². The molecule has 0 spiro atoms. The van der Waals surface area contributed by atoms with E-state index in [4.69, 9.17) is 8.92 Å². The molecule has 0 amide bonds. The number of halogens is 3. The molecule has 0 radical (unpaired) electrons. The van der Waals surface area contributed by atoms with Crippen molar-refractivity contribution in [1.82, 2.24) is 14.5 Å². The fourth-order valence-electron chi connectivity index (χ4n) is 2.81. The number of hydrogen-bond acceptors (Lipinski definition) is 6. The normalized spacial score (nSPS) is 12.7. The third-order valence-electron chi connectivity index (χ3n) is 4.19. The van der Waals surface area contributed by atoms with Crippen LogP contribution in [0.4, 0.5) is 13.2 Å². The highest BCUT2D eigenvalue weighted by atomic mass is 32.2. The molecule has 0 aliphatic rings. The number of imidazole rings is 1. The molecule has 30 heavy (non-hydrogen) atoms. The summed E-state index contributed by atoms with van der Waals surface area (Å²) in [5.41, 5.74) is 0.460. The fraction of sp³-hybridized carbons (Fsp3) is 0.316. The van der Waals surface area contributed by atoms with Crippen LogP contribution in [0.2, 0.25) is 0 Å². The minimum atomic E-state index is -4.65. The van der Waals surface area contributed by atoms with E-state index in [-0.39, 0.29) is 42.3 Å². The van der Waals surface area contributed by atoms with Gasteiger partial charge in [-0.1, -0.05) is 0 Å². The highest BCUT2D eigenvalue weighted by Crippen LogP contribution is 2.39. The zero-order valence-electron chi connectivity index (χ0n) is 16.1. The molecule has 0 saturated heterocycles. The average Bonchev–Trinajstić information content (AvgIpc) is 3.07. The van der Waals surface area contributed by atoms with Crippen LogP contribution in [-0.4, -0.2) is 38.2 Å². The molecule has 0 saturated carbocycles. The van der Waals surface area contributed by atoms with Gasteiger partial charge in [0.2, 0.25) is 0 Å². The lowest BCUT2D eigenvalue weighted by molar-refractivity contribution is -0.138. The highest BCUT2D eigenvalue weighted by molar-refractivity contribution is 7.79. The maximum atomic E-state index is 13.6. The lowest BCUT2D eigenvalue weighted by atomic mass is 10.1. The Labute approximate surface area is 172 Å². The van der Waals surface area contributed by atoms with Crippen molar-refractivity contribution in [1.29, 1.82) is 5.26 Å². The summed E-state index contributed by atoms with van der Waals surface area (Å²) in [6.45, 7) is 0.0750. The van der Waals surface area contributed by atoms with Crippen LogP contribution in [0.15, 0.2) is 30.6 Å². The van der Waals surface area contributed by atoms with Crippen molar-refractivity contribution >= 4 is 22.1 Å². The van der Waals surface area contributed by atoms with E-state index in [1.165, 1.54) is 24.7 Å². The second-order valence-corrected chi connectivity index (χ2v) is 7.36. The Morgan fingerprint density at radius 2 is 2.03 bits per heavy atom. The summed E-state index contributed by atoms with van der Waals surface area (Å²) in [5, 5.41) is 9.33. The van der Waals surface area contributed by atoms with Crippen LogP contribution in [0.3, 0.4) is 0 Å². The quantitative estimate of drug-likeness (QED) is 0.524. The molecule has 1 aromatic carbocycles. The van der Waals surface area contributed by atoms with Crippen LogP contribution >= 0.6 is 0 Å². The molecule has 0 fully saturated rings. The van der Waals surface area contributed by atoms with Crippen LogP contribution in [0, 0.1) is 11.3 Å². The van der Waals surface area contributed by atoms with Gasteiger partial charge < -0.3 is 9.30 Å². The number of benzene rings is 1. The number of aromatic nitrogens is 3. The number of aryl methyl sites for hydroxylation is 1. The zero-order valence-corrected chi connectivity index (χ0v) is 16.9. The van der Waals surface area contributed by atoms with Gasteiger partial charge in [-0.15, -0.1) is 0 Å². The molecule has 2 heterocycles. The van der Waals surface area contributed by atoms with Gasteiger partial charge in [-0.3, -0.25) is 4.18 Å². The largest absolute Gasteiger partial charge is 0.493 e. The standard InChI is InChI=1S/C19H17F3N4O3S/c1-26-11-24-18-15(10-23)25-14(9-16(18)26)12-4-5-17(13(8-12)19(20,21)22)28-6-3-7-29-30(2)27/h4-5,8-9,11H,3,6-7H2,1-2H3. The third kappa shape index (κ3) is 4.77. The summed E-state index contributed by atoms with van der Waals surface area (Å²) in [4.78, 5) is 8.27. The van der Waals surface area contributed by atoms with Crippen molar-refractivity contribution in [2.75, 3.05) is 19.5 Å². The topological polar surface area (TPSA) is 90.0 Å². The van der Waals surface area contributed by atoms with Gasteiger partial charge in [0.1, 0.15) is 17.3 Å². The molecular weight excluding hydrogens is 421 g/mol. The number of nitriles is 1. The third-order valence-corrected chi connectivity index (χ3v) is 4.69. The van der Waals surface area contributed by atoms with Gasteiger partial charge in [0.15, 0.2) is 16.8 Å². The van der Waals surface area contributed by atoms with Crippen molar-refractivity contribution in [2.24, 2.45) is 7.05 Å². The highest BCUT2D eigenvalue weighted by Gasteiger charge is 2.35. The van der Waals surface area contributed by atoms with Gasteiger partial charge in [-0.25, -0.2) is 14.2 Å². The first kappa shape index (κ1) is 21.7. The van der Waals surface area contributed by atoms with Crippen molar-refractivity contribution in [3.8, 4) is 23.1 Å². The monoisotopic (exact) mass is 438 g/mol. The number of ether oxygens (including phenoxy) is 1. The molecule has 1 unspecified atom stereocenters. The molecule has 3 aromatic rings. The predicted octanol–water partition coefficient (Wildman–Crippen LogP) is 3.60. The van der Waals surface area contributed by atoms with Crippen molar-refractivity contribution in [3.05, 3.63) is 41.9 Å². The van der Waals surface area contributed by atoms with Crippen molar-refractivity contribution in [3.63, 3.8) is 0 Å². The van der Waals surface area contributed by atoms with Crippen LogP contribution in [0.1, 0.15) is 17.7 Å². The molecule has 2 aromatic heterocycles. The van der Waals surface area contributed by atoms with Crippen molar-refractivity contribution < 1.29 is 26.3 Å². The Morgan fingerprint density at radius 3 is 2.70 bits per heavy atom. The number of nitrogens with zero attached hydrogens (tertiary/aromatic N) is 4. The predicted molar refractivity (Wildman–Crippen MR) is 104 cm³/mol. The minimum absolute atomic E-state index is 0.0303. The first-order valence-corrected chi connectivity index (χ1v) is 10.2. The van der Waals surface area contributed by atoms with Crippen LogP contribution in [0.5, 0.6) is 5.75 Å². The number of alkyl halides is 3. The molecule has 0 aliphatic carbocycles. The Bertz CT molecular complexity index is 1140. The number of fused-ring (bicyclic) bond motifs is 1. The van der Waals surface area contributed by atoms with Crippen LogP contribution < -0.4 is 4.74 Å². The van der Waals surface area contributed by atoms with Gasteiger partial charge in [0.25, 0.3) is 0 Å². The maximum Gasteiger partial charge on any atom is 0.419 e. The summed E-state index contributed by atoms with van der Waals surface area (Å²) in [5.74, 6) is -0.328. The molecule has 3 rings (SSSR count). The summed E-state index contributed by atoms with van der Waals surface area (Å²) in [6.07, 6.45) is -1.51. The second kappa shape index (κ2) is 8.81. The van der Waals surface area contributed by atoms with Gasteiger partial charge in [0.05, 0.1) is 36.3 Å². The maximum absolute atomic E-state index is 13.6. The Hall–Kier alpha value is -2.97. The first-order chi connectivity index (χ1) is 14.2. The fourth-order valence-corrected chi connectivity index (χ4v) is 3.16. The Morgan fingerprint density at radius 1 is 1.27 bits per heavy atom. The summed E-state index contributed by atoms with van der Waals surface area (Å²) in [7, 11) is 1.72. The van der Waals surface area contributed by atoms with E-state index in [1.807, 2.05) is 6.07 Å². The van der Waals surface area contributed by atoms with Crippen LogP contribution in [-0.2, 0) is 28.5 Å². The molecule has 11 heteroatoms. The summed E-state index contributed by atoms with van der Waals surface area (Å²) >= 11 is -1.44. The smallest absolute Gasteiger partial charge is 0.419 e. The second-order valence-electron chi connectivity index (χ2n) is 6.33. The SMILES string of the molecule is Cn1cnc2c(C#N)nc(-c3ccc(OCCCOS(C)=O)c(C(F)(F)F)c3)cc21. The van der Waals surface area contributed by atoms with Gasteiger partial charge in [-0.05, 0) is 24.3 Å². The lowest BCUT2D eigenvalue weighted by Crippen LogP contribution is -2.11. The van der Waals surface area contributed by atoms with E-state index in [9.17, 15) is 22.6 Å². The molecule has 1 atom stereocenters. The van der Waals surface area contributed by atoms with Crippen molar-refractivity contribution in [2.45, 2.75) is 12.6 Å². The van der Waals surface area contributed by atoms with E-state index in [0.717, 1.165) is 6.07 Å². The summed E-state index contributed by atoms with van der Waals surface area (Å²) < 4.78 is 63.4. The molecule has 0 bridgehead atoms. The minimum Gasteiger partial charge on any atom is -0.493 e.